The van der Waals surface area contributed by atoms with E-state index < -0.39 is 5.82 Å². The Balaban J connectivity index is 2.18. The summed E-state index contributed by atoms with van der Waals surface area (Å²) in [5, 5.41) is 18.7. The van der Waals surface area contributed by atoms with Crippen LogP contribution in [-0.4, -0.2) is 48.3 Å². The summed E-state index contributed by atoms with van der Waals surface area (Å²) < 4.78 is 13.7. The summed E-state index contributed by atoms with van der Waals surface area (Å²) in [6, 6.07) is 7.05. The summed E-state index contributed by atoms with van der Waals surface area (Å²) in [6.45, 7) is 6.85. The Labute approximate surface area is 125 Å². The van der Waals surface area contributed by atoms with Gasteiger partial charge < -0.3 is 10.0 Å². The third kappa shape index (κ3) is 3.52. The molecule has 1 aliphatic rings. The van der Waals surface area contributed by atoms with Crippen molar-refractivity contribution < 1.29 is 9.50 Å². The van der Waals surface area contributed by atoms with Gasteiger partial charge >= 0.3 is 0 Å². The molecule has 0 spiro atoms. The number of piperazine rings is 1. The molecule has 1 saturated heterocycles. The van der Waals surface area contributed by atoms with Crippen molar-refractivity contribution in [2.45, 2.75) is 32.4 Å². The first kappa shape index (κ1) is 15.7. The van der Waals surface area contributed by atoms with E-state index in [1.807, 2.05) is 6.07 Å². The van der Waals surface area contributed by atoms with Gasteiger partial charge in [0.1, 0.15) is 17.4 Å². The van der Waals surface area contributed by atoms with Gasteiger partial charge in [-0.3, -0.25) is 4.90 Å². The van der Waals surface area contributed by atoms with Gasteiger partial charge in [0.25, 0.3) is 0 Å². The number of aliphatic hydroxyl groups is 1. The maximum atomic E-state index is 13.7. The molecule has 1 fully saturated rings. The summed E-state index contributed by atoms with van der Waals surface area (Å²) in [6.07, 6.45) is 0.606. The largest absolute Gasteiger partial charge is 0.392 e. The van der Waals surface area contributed by atoms with Crippen LogP contribution in [0.2, 0.25) is 0 Å². The minimum Gasteiger partial charge on any atom is -0.392 e. The molecule has 1 heterocycles. The first-order valence-electron chi connectivity index (χ1n) is 7.42. The van der Waals surface area contributed by atoms with Crippen LogP contribution in [0.4, 0.5) is 10.1 Å². The van der Waals surface area contributed by atoms with Crippen molar-refractivity contribution >= 4 is 5.69 Å². The molecule has 0 aliphatic carbocycles. The highest BCUT2D eigenvalue weighted by atomic mass is 19.1. The maximum absolute atomic E-state index is 13.7. The van der Waals surface area contributed by atoms with E-state index in [4.69, 9.17) is 5.26 Å². The molecule has 4 nitrogen and oxygen atoms in total. The Morgan fingerprint density at radius 2 is 2.24 bits per heavy atom. The van der Waals surface area contributed by atoms with Crippen LogP contribution >= 0.6 is 0 Å². The highest BCUT2D eigenvalue weighted by Crippen LogP contribution is 2.26. The van der Waals surface area contributed by atoms with Gasteiger partial charge in [-0.15, -0.1) is 0 Å². The Morgan fingerprint density at radius 3 is 2.86 bits per heavy atom. The van der Waals surface area contributed by atoms with E-state index in [1.165, 1.54) is 6.07 Å². The highest BCUT2D eigenvalue weighted by molar-refractivity contribution is 5.60. The average molecular weight is 291 g/mol. The molecular weight excluding hydrogens is 269 g/mol. The molecule has 1 aromatic carbocycles. The highest BCUT2D eigenvalue weighted by Gasteiger charge is 2.28. The Bertz CT molecular complexity index is 527. The van der Waals surface area contributed by atoms with Gasteiger partial charge in [-0.05, 0) is 25.5 Å². The fourth-order valence-corrected chi connectivity index (χ4v) is 2.97. The number of hydrogen-bond donors (Lipinski definition) is 1. The summed E-state index contributed by atoms with van der Waals surface area (Å²) in [5.74, 6) is -0.463. The molecule has 0 saturated carbocycles. The second-order valence-electron chi connectivity index (χ2n) is 5.60. The molecule has 0 bridgehead atoms. The lowest BCUT2D eigenvalue weighted by atomic mass is 10.1. The number of rotatable bonds is 4. The first-order valence-corrected chi connectivity index (χ1v) is 7.42. The molecule has 1 aliphatic heterocycles. The monoisotopic (exact) mass is 291 g/mol. The van der Waals surface area contributed by atoms with Crippen LogP contribution in [0.1, 0.15) is 25.8 Å². The van der Waals surface area contributed by atoms with Gasteiger partial charge in [0.2, 0.25) is 0 Å². The molecule has 0 aromatic heterocycles. The van der Waals surface area contributed by atoms with Gasteiger partial charge in [-0.1, -0.05) is 13.0 Å². The number of nitriles is 1. The summed E-state index contributed by atoms with van der Waals surface area (Å²) in [4.78, 5) is 4.35. The zero-order valence-corrected chi connectivity index (χ0v) is 12.6. The first-order chi connectivity index (χ1) is 10.1. The van der Waals surface area contributed by atoms with Crippen molar-refractivity contribution in [1.82, 2.24) is 4.90 Å². The van der Waals surface area contributed by atoms with E-state index in [-0.39, 0.29) is 11.7 Å². The summed E-state index contributed by atoms with van der Waals surface area (Å²) >= 11 is 0. The second kappa shape index (κ2) is 6.88. The van der Waals surface area contributed by atoms with E-state index in [0.717, 1.165) is 26.1 Å². The predicted molar refractivity (Wildman–Crippen MR) is 80.7 cm³/mol. The van der Waals surface area contributed by atoms with Crippen molar-refractivity contribution in [3.05, 3.63) is 29.6 Å². The van der Waals surface area contributed by atoms with Crippen LogP contribution in [-0.2, 0) is 0 Å². The van der Waals surface area contributed by atoms with E-state index >= 15 is 0 Å². The molecule has 1 aromatic rings. The van der Waals surface area contributed by atoms with E-state index in [9.17, 15) is 9.50 Å². The van der Waals surface area contributed by atoms with Crippen LogP contribution < -0.4 is 4.90 Å². The standard InChI is InChI=1S/C16H22FN3O/c1-3-13-11-20(8-7-19(13)10-12(2)21)16-6-4-5-15(17)14(16)9-18/h4-6,12-13,21H,3,7-8,10-11H2,1-2H3/t12-,13+/m0/s1. The number of β-amino-alcohol motifs (C(OH)–C–C–N with tert-alkyl or cyclic N) is 1. The third-order valence-corrected chi connectivity index (χ3v) is 4.02. The Hall–Kier alpha value is -1.64. The van der Waals surface area contributed by atoms with Crippen molar-refractivity contribution in [2.24, 2.45) is 0 Å². The van der Waals surface area contributed by atoms with Crippen LogP contribution in [0.15, 0.2) is 18.2 Å². The molecule has 2 rings (SSSR count). The Morgan fingerprint density at radius 1 is 1.48 bits per heavy atom. The fraction of sp³-hybridized carbons (Fsp3) is 0.562. The van der Waals surface area contributed by atoms with Gasteiger partial charge in [0.15, 0.2) is 0 Å². The van der Waals surface area contributed by atoms with Gasteiger partial charge in [0.05, 0.1) is 11.8 Å². The smallest absolute Gasteiger partial charge is 0.143 e. The zero-order valence-electron chi connectivity index (χ0n) is 12.6. The summed E-state index contributed by atoms with van der Waals surface area (Å²) in [5.41, 5.74) is 0.795. The quantitative estimate of drug-likeness (QED) is 0.921. The Kier molecular flexibility index (Phi) is 5.16. The number of anilines is 1. The van der Waals surface area contributed by atoms with Crippen LogP contribution in [0.25, 0.3) is 0 Å². The average Bonchev–Trinajstić information content (AvgIpc) is 2.47. The zero-order chi connectivity index (χ0) is 15.4. The molecule has 21 heavy (non-hydrogen) atoms. The molecule has 2 atom stereocenters. The normalized spacial score (nSPS) is 21.1. The number of aliphatic hydroxyl groups excluding tert-OH is 1. The number of benzene rings is 1. The molecule has 5 heteroatoms. The lowest BCUT2D eigenvalue weighted by Gasteiger charge is -2.43. The van der Waals surface area contributed by atoms with Crippen molar-refractivity contribution in [1.29, 1.82) is 5.26 Å². The SMILES string of the molecule is CC[C@@H]1CN(c2cccc(F)c2C#N)CCN1C[C@H](C)O. The maximum Gasteiger partial charge on any atom is 0.143 e. The van der Waals surface area contributed by atoms with Crippen LogP contribution in [0.3, 0.4) is 0 Å². The minimum absolute atomic E-state index is 0.122. The topological polar surface area (TPSA) is 50.5 Å². The van der Waals surface area contributed by atoms with Crippen LogP contribution in [0.5, 0.6) is 0 Å². The van der Waals surface area contributed by atoms with Gasteiger partial charge in [-0.25, -0.2) is 4.39 Å². The van der Waals surface area contributed by atoms with E-state index in [1.54, 1.807) is 19.1 Å². The predicted octanol–water partition coefficient (Wildman–Crippen LogP) is 1.98. The molecule has 114 valence electrons. The number of nitrogens with zero attached hydrogens (tertiary/aromatic N) is 3. The van der Waals surface area contributed by atoms with Crippen molar-refractivity contribution in [3.8, 4) is 6.07 Å². The molecule has 0 unspecified atom stereocenters. The molecular formula is C16H22FN3O. The molecule has 1 N–H and O–H groups in total. The lowest BCUT2D eigenvalue weighted by molar-refractivity contribution is 0.0885. The summed E-state index contributed by atoms with van der Waals surface area (Å²) in [7, 11) is 0. The lowest BCUT2D eigenvalue weighted by Crippen LogP contribution is -2.54. The van der Waals surface area contributed by atoms with E-state index in [0.29, 0.717) is 18.3 Å². The van der Waals surface area contributed by atoms with Crippen molar-refractivity contribution in [2.75, 3.05) is 31.1 Å². The van der Waals surface area contributed by atoms with Crippen molar-refractivity contribution in [3.63, 3.8) is 0 Å². The minimum atomic E-state index is -0.463. The second-order valence-corrected chi connectivity index (χ2v) is 5.60. The third-order valence-electron chi connectivity index (χ3n) is 4.02. The number of hydrogen-bond acceptors (Lipinski definition) is 4. The van der Waals surface area contributed by atoms with Gasteiger partial charge in [0, 0.05) is 32.2 Å². The van der Waals surface area contributed by atoms with Crippen LogP contribution in [0, 0.1) is 17.1 Å². The molecule has 0 radical (unpaired) electrons. The van der Waals surface area contributed by atoms with E-state index in [2.05, 4.69) is 16.7 Å². The van der Waals surface area contributed by atoms with Gasteiger partial charge in [-0.2, -0.15) is 5.26 Å². The molecule has 0 amide bonds. The fourth-order valence-electron chi connectivity index (χ4n) is 2.97. The number of halogens is 1.